The Morgan fingerprint density at radius 3 is 2.31 bits per heavy atom. The van der Waals surface area contributed by atoms with Crippen LogP contribution in [-0.2, 0) is 13.2 Å². The number of carbonyl (C=O) groups excluding carboxylic acids is 1. The minimum absolute atomic E-state index is 0.160. The molecule has 6 nitrogen and oxygen atoms in total. The molecule has 1 aliphatic heterocycles. The Kier molecular flexibility index (Phi) is 7.26. The third-order valence-electron chi connectivity index (χ3n) is 5.49. The van der Waals surface area contributed by atoms with Gasteiger partial charge in [0, 0.05) is 53.4 Å². The van der Waals surface area contributed by atoms with Gasteiger partial charge in [0.05, 0.1) is 5.56 Å². The molecule has 168 valence electrons. The fourth-order valence-corrected chi connectivity index (χ4v) is 4.22. The number of piperazine rings is 1. The maximum atomic E-state index is 13.1. The number of ether oxygens (including phenoxy) is 1. The van der Waals surface area contributed by atoms with E-state index in [-0.39, 0.29) is 12.5 Å². The van der Waals surface area contributed by atoms with E-state index < -0.39 is 0 Å². The maximum absolute atomic E-state index is 13.1. The van der Waals surface area contributed by atoms with Crippen molar-refractivity contribution in [2.24, 2.45) is 0 Å². The molecule has 1 fully saturated rings. The zero-order valence-electron chi connectivity index (χ0n) is 17.5. The molecule has 0 atom stereocenters. The monoisotopic (exact) mass is 493 g/mol. The van der Waals surface area contributed by atoms with E-state index in [4.69, 9.17) is 44.1 Å². The SMILES string of the molecule is Cc1onc(C(=O)N2CCN(Cc3c(Cl)cccc3Cl)CC2)c1COc1ccc(Cl)cc1. The van der Waals surface area contributed by atoms with E-state index in [1.807, 2.05) is 18.2 Å². The summed E-state index contributed by atoms with van der Waals surface area (Å²) in [5.74, 6) is 1.06. The summed E-state index contributed by atoms with van der Waals surface area (Å²) in [5.41, 5.74) is 1.85. The first kappa shape index (κ1) is 22.9. The topological polar surface area (TPSA) is 58.8 Å². The lowest BCUT2D eigenvalue weighted by atomic mass is 10.1. The highest BCUT2D eigenvalue weighted by Crippen LogP contribution is 2.26. The van der Waals surface area contributed by atoms with Gasteiger partial charge < -0.3 is 14.2 Å². The number of carbonyl (C=O) groups is 1. The van der Waals surface area contributed by atoms with E-state index in [1.165, 1.54) is 0 Å². The minimum atomic E-state index is -0.160. The van der Waals surface area contributed by atoms with Crippen LogP contribution in [0.5, 0.6) is 5.75 Å². The smallest absolute Gasteiger partial charge is 0.276 e. The van der Waals surface area contributed by atoms with Crippen molar-refractivity contribution in [3.63, 3.8) is 0 Å². The Labute approximate surface area is 201 Å². The summed E-state index contributed by atoms with van der Waals surface area (Å²) < 4.78 is 11.1. The first-order valence-electron chi connectivity index (χ1n) is 10.2. The summed E-state index contributed by atoms with van der Waals surface area (Å²) in [4.78, 5) is 17.1. The lowest BCUT2D eigenvalue weighted by Crippen LogP contribution is -2.48. The number of aromatic nitrogens is 1. The van der Waals surface area contributed by atoms with Gasteiger partial charge in [-0.05, 0) is 43.3 Å². The Balaban J connectivity index is 1.37. The van der Waals surface area contributed by atoms with Crippen molar-refractivity contribution < 1.29 is 14.1 Å². The van der Waals surface area contributed by atoms with Crippen LogP contribution in [0.2, 0.25) is 15.1 Å². The predicted molar refractivity (Wildman–Crippen MR) is 125 cm³/mol. The lowest BCUT2D eigenvalue weighted by molar-refractivity contribution is 0.0616. The summed E-state index contributed by atoms with van der Waals surface area (Å²) in [5, 5.41) is 5.95. The molecule has 9 heteroatoms. The molecule has 2 heterocycles. The molecule has 0 radical (unpaired) electrons. The van der Waals surface area contributed by atoms with Gasteiger partial charge in [0.2, 0.25) is 0 Å². The number of nitrogens with zero attached hydrogens (tertiary/aromatic N) is 3. The van der Waals surface area contributed by atoms with Gasteiger partial charge in [-0.15, -0.1) is 0 Å². The van der Waals surface area contributed by atoms with Crippen LogP contribution in [0.4, 0.5) is 0 Å². The van der Waals surface area contributed by atoms with Gasteiger partial charge in [-0.3, -0.25) is 9.69 Å². The molecule has 1 aliphatic rings. The van der Waals surface area contributed by atoms with Crippen molar-refractivity contribution >= 4 is 40.7 Å². The van der Waals surface area contributed by atoms with Crippen LogP contribution in [0, 0.1) is 6.92 Å². The van der Waals surface area contributed by atoms with Crippen LogP contribution < -0.4 is 4.74 Å². The van der Waals surface area contributed by atoms with Crippen molar-refractivity contribution in [2.45, 2.75) is 20.1 Å². The normalized spacial score (nSPS) is 14.6. The molecule has 0 unspecified atom stereocenters. The van der Waals surface area contributed by atoms with Gasteiger partial charge in [-0.25, -0.2) is 0 Å². The Morgan fingerprint density at radius 1 is 1.00 bits per heavy atom. The molecule has 0 spiro atoms. The van der Waals surface area contributed by atoms with Gasteiger partial charge in [0.1, 0.15) is 18.1 Å². The standard InChI is InChI=1S/C23H22Cl3N3O3/c1-15-19(14-31-17-7-5-16(24)6-8-17)22(27-32-15)23(30)29-11-9-28(10-12-29)13-18-20(25)3-2-4-21(18)26/h2-8H,9-14H2,1H3. The van der Waals surface area contributed by atoms with Gasteiger partial charge >= 0.3 is 0 Å². The van der Waals surface area contributed by atoms with Crippen LogP contribution in [0.3, 0.4) is 0 Å². The average Bonchev–Trinajstić information content (AvgIpc) is 3.16. The molecule has 0 saturated carbocycles. The summed E-state index contributed by atoms with van der Waals surface area (Å²) in [7, 11) is 0. The van der Waals surface area contributed by atoms with E-state index >= 15 is 0 Å². The zero-order chi connectivity index (χ0) is 22.7. The molecule has 0 aliphatic carbocycles. The van der Waals surface area contributed by atoms with E-state index in [2.05, 4.69) is 10.1 Å². The molecule has 0 N–H and O–H groups in total. The number of hydrogen-bond acceptors (Lipinski definition) is 5. The molecular weight excluding hydrogens is 473 g/mol. The minimum Gasteiger partial charge on any atom is -0.489 e. The number of amides is 1. The van der Waals surface area contributed by atoms with Gasteiger partial charge in [0.15, 0.2) is 5.69 Å². The van der Waals surface area contributed by atoms with E-state index in [0.717, 1.165) is 5.56 Å². The molecule has 1 saturated heterocycles. The highest BCUT2D eigenvalue weighted by molar-refractivity contribution is 6.36. The quantitative estimate of drug-likeness (QED) is 0.454. The highest BCUT2D eigenvalue weighted by atomic mass is 35.5. The molecule has 4 rings (SSSR count). The van der Waals surface area contributed by atoms with Crippen molar-refractivity contribution in [1.29, 1.82) is 0 Å². The molecule has 3 aromatic rings. The molecule has 1 aromatic heterocycles. The molecular formula is C23H22Cl3N3O3. The Bertz CT molecular complexity index is 1070. The maximum Gasteiger partial charge on any atom is 0.276 e. The highest BCUT2D eigenvalue weighted by Gasteiger charge is 2.28. The predicted octanol–water partition coefficient (Wildman–Crippen LogP) is 5.48. The number of hydrogen-bond donors (Lipinski definition) is 0. The second-order valence-corrected chi connectivity index (χ2v) is 8.83. The summed E-state index contributed by atoms with van der Waals surface area (Å²) in [6.45, 7) is 5.17. The molecule has 0 bridgehead atoms. The second-order valence-electron chi connectivity index (χ2n) is 7.58. The fraction of sp³-hybridized carbons (Fsp3) is 0.304. The van der Waals surface area contributed by atoms with E-state index in [0.29, 0.717) is 70.6 Å². The van der Waals surface area contributed by atoms with Crippen LogP contribution in [0.1, 0.15) is 27.4 Å². The Morgan fingerprint density at radius 2 is 1.66 bits per heavy atom. The van der Waals surface area contributed by atoms with Crippen molar-refractivity contribution in [1.82, 2.24) is 15.0 Å². The van der Waals surface area contributed by atoms with Gasteiger partial charge in [-0.2, -0.15) is 0 Å². The summed E-state index contributed by atoms with van der Waals surface area (Å²) in [6.07, 6.45) is 0. The molecule has 32 heavy (non-hydrogen) atoms. The van der Waals surface area contributed by atoms with Crippen molar-refractivity contribution in [2.75, 3.05) is 26.2 Å². The van der Waals surface area contributed by atoms with E-state index in [9.17, 15) is 4.79 Å². The van der Waals surface area contributed by atoms with Crippen LogP contribution in [-0.4, -0.2) is 47.0 Å². The number of aryl methyl sites for hydroxylation is 1. The van der Waals surface area contributed by atoms with Crippen molar-refractivity contribution in [3.05, 3.63) is 80.1 Å². The largest absolute Gasteiger partial charge is 0.489 e. The Hall–Kier alpha value is -2.25. The number of rotatable bonds is 6. The fourth-order valence-electron chi connectivity index (χ4n) is 3.58. The summed E-state index contributed by atoms with van der Waals surface area (Å²) >= 11 is 18.5. The second kappa shape index (κ2) is 10.1. The van der Waals surface area contributed by atoms with Crippen LogP contribution >= 0.6 is 34.8 Å². The third-order valence-corrected chi connectivity index (χ3v) is 6.45. The number of benzene rings is 2. The third kappa shape index (κ3) is 5.21. The zero-order valence-corrected chi connectivity index (χ0v) is 19.8. The van der Waals surface area contributed by atoms with Crippen LogP contribution in [0.15, 0.2) is 47.0 Å². The average molecular weight is 495 g/mol. The lowest BCUT2D eigenvalue weighted by Gasteiger charge is -2.34. The van der Waals surface area contributed by atoms with E-state index in [1.54, 1.807) is 36.1 Å². The summed E-state index contributed by atoms with van der Waals surface area (Å²) in [6, 6.07) is 12.6. The number of halogens is 3. The van der Waals surface area contributed by atoms with Crippen LogP contribution in [0.25, 0.3) is 0 Å². The first-order valence-corrected chi connectivity index (χ1v) is 11.3. The molecule has 2 aromatic carbocycles. The molecule has 1 amide bonds. The van der Waals surface area contributed by atoms with Gasteiger partial charge in [-0.1, -0.05) is 46.0 Å². The first-order chi connectivity index (χ1) is 15.4. The van der Waals surface area contributed by atoms with Crippen molar-refractivity contribution in [3.8, 4) is 5.75 Å². The van der Waals surface area contributed by atoms with Gasteiger partial charge in [0.25, 0.3) is 5.91 Å².